The summed E-state index contributed by atoms with van der Waals surface area (Å²) in [6, 6.07) is 0. The maximum absolute atomic E-state index is 2.30. The van der Waals surface area contributed by atoms with E-state index in [9.17, 15) is 0 Å². The SMILES string of the molecule is CCC[S][SbH][S]C1CCS1. The first kappa shape index (κ1) is 9.95. The van der Waals surface area contributed by atoms with Gasteiger partial charge in [-0.25, -0.2) is 0 Å². The van der Waals surface area contributed by atoms with Gasteiger partial charge in [-0.15, -0.1) is 0 Å². The minimum absolute atomic E-state index is 0.0420. The van der Waals surface area contributed by atoms with Crippen LogP contribution in [0.1, 0.15) is 19.8 Å². The fourth-order valence-corrected chi connectivity index (χ4v) is 16.7. The van der Waals surface area contributed by atoms with Crippen LogP contribution in [0.4, 0.5) is 0 Å². The predicted octanol–water partition coefficient (Wildman–Crippen LogP) is 2.59. The van der Waals surface area contributed by atoms with E-state index in [1.54, 1.807) is 0 Å². The van der Waals surface area contributed by atoms with Crippen LogP contribution in [0.5, 0.6) is 0 Å². The van der Waals surface area contributed by atoms with Crippen LogP contribution in [0.15, 0.2) is 0 Å². The van der Waals surface area contributed by atoms with Crippen molar-refractivity contribution in [3.63, 3.8) is 0 Å². The van der Waals surface area contributed by atoms with Gasteiger partial charge in [0.05, 0.1) is 0 Å². The summed E-state index contributed by atoms with van der Waals surface area (Å²) in [7, 11) is 4.55. The molecule has 1 aliphatic heterocycles. The van der Waals surface area contributed by atoms with E-state index >= 15 is 0 Å². The number of thioether (sulfide) groups is 1. The Morgan fingerprint density at radius 3 is 3.00 bits per heavy atom. The summed E-state index contributed by atoms with van der Waals surface area (Å²) in [6.07, 6.45) is 2.85. The zero-order valence-corrected chi connectivity index (χ0v) is 11.4. The average Bonchev–Trinajstić information content (AvgIpc) is 1.84. The second kappa shape index (κ2) is 6.39. The number of hydrogen-bond donors (Lipinski definition) is 0. The number of rotatable bonds is 5. The van der Waals surface area contributed by atoms with Gasteiger partial charge >= 0.3 is 84.1 Å². The summed E-state index contributed by atoms with van der Waals surface area (Å²) in [5, 5.41) is 0. The van der Waals surface area contributed by atoms with Crippen molar-refractivity contribution in [1.82, 2.24) is 0 Å². The summed E-state index contributed by atoms with van der Waals surface area (Å²) in [4.78, 5) is 0. The molecule has 0 bridgehead atoms. The summed E-state index contributed by atoms with van der Waals surface area (Å²) < 4.78 is 1.02. The van der Waals surface area contributed by atoms with Gasteiger partial charge in [0.25, 0.3) is 0 Å². The average molecular weight is 303 g/mol. The molecule has 0 saturated carbocycles. The first-order valence-electron chi connectivity index (χ1n) is 3.57. The molecule has 1 unspecified atom stereocenters. The first-order chi connectivity index (χ1) is 4.93. The second-order valence-electron chi connectivity index (χ2n) is 2.14. The molecule has 1 heterocycles. The van der Waals surface area contributed by atoms with E-state index in [4.69, 9.17) is 0 Å². The Morgan fingerprint density at radius 1 is 1.70 bits per heavy atom. The van der Waals surface area contributed by atoms with E-state index in [0.29, 0.717) is 0 Å². The fourth-order valence-electron chi connectivity index (χ4n) is 0.538. The Morgan fingerprint density at radius 2 is 2.50 bits per heavy atom. The third-order valence-corrected chi connectivity index (χ3v) is 16.1. The Hall–Kier alpha value is 1.87. The molecule has 1 atom stereocenters. The molecule has 0 aromatic carbocycles. The topological polar surface area (TPSA) is 0 Å². The summed E-state index contributed by atoms with van der Waals surface area (Å²) in [6.45, 7) is 2.27. The minimum atomic E-state index is -0.0420. The standard InChI is InChI=1S/C3H6S2.C3H8S.Sb.H/c4-3-1-2-5-3;1-2-3-4;;/h3-4H,1-2H2;4H,2-3H2,1H3;;/q;;+2;/p-2. The molecule has 1 fully saturated rings. The molecule has 0 aromatic rings. The Bertz CT molecular complexity index is 85.1. The monoisotopic (exact) mass is 302 g/mol. The molecule has 0 radical (unpaired) electrons. The Balaban J connectivity index is 1.76. The summed E-state index contributed by atoms with van der Waals surface area (Å²) in [5.41, 5.74) is 0. The van der Waals surface area contributed by atoms with E-state index in [1.807, 2.05) is 0 Å². The molecule has 60 valence electrons. The van der Waals surface area contributed by atoms with E-state index in [-0.39, 0.29) is 18.8 Å². The van der Waals surface area contributed by atoms with Crippen molar-refractivity contribution in [3.8, 4) is 0 Å². The maximum atomic E-state index is 2.30. The van der Waals surface area contributed by atoms with Crippen molar-refractivity contribution in [1.29, 1.82) is 0 Å². The van der Waals surface area contributed by atoms with E-state index < -0.39 is 0 Å². The van der Waals surface area contributed by atoms with Gasteiger partial charge in [0.1, 0.15) is 0 Å². The van der Waals surface area contributed by atoms with Crippen LogP contribution in [-0.2, 0) is 0 Å². The van der Waals surface area contributed by atoms with Crippen LogP contribution in [0.3, 0.4) is 0 Å². The molecule has 0 N–H and O–H groups in total. The van der Waals surface area contributed by atoms with Gasteiger partial charge in [-0.2, -0.15) is 0 Å². The predicted molar refractivity (Wildman–Crippen MR) is 58.4 cm³/mol. The van der Waals surface area contributed by atoms with E-state index in [2.05, 4.69) is 36.4 Å². The van der Waals surface area contributed by atoms with Gasteiger partial charge in [-0.1, -0.05) is 0 Å². The van der Waals surface area contributed by atoms with Crippen LogP contribution in [0, 0.1) is 0 Å². The van der Waals surface area contributed by atoms with Crippen molar-refractivity contribution in [2.24, 2.45) is 0 Å². The van der Waals surface area contributed by atoms with Crippen molar-refractivity contribution in [2.75, 3.05) is 11.5 Å². The summed E-state index contributed by atoms with van der Waals surface area (Å²) in [5.74, 6) is 2.84. The van der Waals surface area contributed by atoms with Crippen LogP contribution in [0.2, 0.25) is 0 Å². The quantitative estimate of drug-likeness (QED) is 0.566. The van der Waals surface area contributed by atoms with Crippen molar-refractivity contribution in [2.45, 2.75) is 24.3 Å². The normalized spacial score (nSPS) is 24.3. The Kier molecular flexibility index (Phi) is 6.36. The van der Waals surface area contributed by atoms with Crippen molar-refractivity contribution in [3.05, 3.63) is 0 Å². The van der Waals surface area contributed by atoms with E-state index in [0.717, 1.165) is 4.58 Å². The Labute approximate surface area is 83.4 Å². The van der Waals surface area contributed by atoms with Gasteiger partial charge in [0.2, 0.25) is 0 Å². The molecule has 0 aromatic heterocycles. The molecule has 1 rings (SSSR count). The van der Waals surface area contributed by atoms with Gasteiger partial charge in [-0.05, 0) is 0 Å². The molecule has 1 aliphatic rings. The third kappa shape index (κ3) is 4.04. The molecule has 0 nitrogen and oxygen atoms in total. The van der Waals surface area contributed by atoms with Crippen LogP contribution >= 0.6 is 29.5 Å². The molecule has 0 amide bonds. The van der Waals surface area contributed by atoms with Gasteiger partial charge in [-0.3, -0.25) is 0 Å². The van der Waals surface area contributed by atoms with Crippen molar-refractivity contribution < 1.29 is 0 Å². The molecule has 1 saturated heterocycles. The van der Waals surface area contributed by atoms with Gasteiger partial charge in [0, 0.05) is 0 Å². The molecular formula is C6H13S3Sb. The second-order valence-corrected chi connectivity index (χ2v) is 14.7. The fraction of sp³-hybridized carbons (Fsp3) is 1.00. The van der Waals surface area contributed by atoms with Crippen LogP contribution in [-0.4, -0.2) is 34.9 Å². The zero-order chi connectivity index (χ0) is 7.23. The molecule has 0 aliphatic carbocycles. The number of hydrogen-bond acceptors (Lipinski definition) is 3. The van der Waals surface area contributed by atoms with E-state index in [1.165, 1.54) is 24.3 Å². The molecule has 4 heteroatoms. The van der Waals surface area contributed by atoms with Crippen molar-refractivity contribution >= 4 is 48.3 Å². The molecule has 10 heavy (non-hydrogen) atoms. The first-order valence-corrected chi connectivity index (χ1v) is 13.5. The molecule has 0 spiro atoms. The summed E-state index contributed by atoms with van der Waals surface area (Å²) >= 11 is 2.11. The van der Waals surface area contributed by atoms with Gasteiger partial charge < -0.3 is 0 Å². The van der Waals surface area contributed by atoms with Crippen LogP contribution in [0.25, 0.3) is 0 Å². The zero-order valence-electron chi connectivity index (χ0n) is 6.13. The third-order valence-electron chi connectivity index (χ3n) is 1.20. The van der Waals surface area contributed by atoms with Crippen LogP contribution < -0.4 is 0 Å². The van der Waals surface area contributed by atoms with Gasteiger partial charge in [0.15, 0.2) is 0 Å². The molecular weight excluding hydrogens is 290 g/mol.